The van der Waals surface area contributed by atoms with Gasteiger partial charge < -0.3 is 5.32 Å². The van der Waals surface area contributed by atoms with Crippen LogP contribution in [0.25, 0.3) is 0 Å². The van der Waals surface area contributed by atoms with Gasteiger partial charge in [-0.25, -0.2) is 0 Å². The van der Waals surface area contributed by atoms with E-state index in [1.165, 1.54) is 24.8 Å². The van der Waals surface area contributed by atoms with Crippen molar-refractivity contribution in [3.63, 3.8) is 0 Å². The number of halogens is 1. The topological polar surface area (TPSA) is 24.9 Å². The second-order valence-electron chi connectivity index (χ2n) is 3.52. The maximum absolute atomic E-state index is 4.12. The highest BCUT2D eigenvalue weighted by Gasteiger charge is 2.15. The third-order valence-corrected chi connectivity index (χ3v) is 2.90. The van der Waals surface area contributed by atoms with E-state index in [4.69, 9.17) is 0 Å². The molecule has 3 heteroatoms. The number of hydrogen-bond donors (Lipinski definition) is 1. The van der Waals surface area contributed by atoms with Crippen molar-refractivity contribution in [2.75, 3.05) is 0 Å². The van der Waals surface area contributed by atoms with Gasteiger partial charge in [0.15, 0.2) is 0 Å². The summed E-state index contributed by atoms with van der Waals surface area (Å²) < 4.78 is 1.06. The molecule has 0 radical (unpaired) electrons. The van der Waals surface area contributed by atoms with Crippen LogP contribution >= 0.6 is 15.9 Å². The van der Waals surface area contributed by atoms with Crippen molar-refractivity contribution in [1.82, 2.24) is 10.3 Å². The molecular weight excluding hydrogens is 228 g/mol. The van der Waals surface area contributed by atoms with Crippen LogP contribution in [-0.2, 0) is 6.54 Å². The van der Waals surface area contributed by atoms with E-state index in [1.54, 1.807) is 0 Å². The molecule has 13 heavy (non-hydrogen) atoms. The summed E-state index contributed by atoms with van der Waals surface area (Å²) in [4.78, 5) is 4.12. The molecule has 1 heterocycles. The second-order valence-corrected chi connectivity index (χ2v) is 4.44. The quantitative estimate of drug-likeness (QED) is 0.879. The highest BCUT2D eigenvalue weighted by Crippen LogP contribution is 2.18. The van der Waals surface area contributed by atoms with Crippen molar-refractivity contribution in [3.05, 3.63) is 28.5 Å². The van der Waals surface area contributed by atoms with Crippen LogP contribution in [0.5, 0.6) is 0 Å². The number of aromatic nitrogens is 1. The van der Waals surface area contributed by atoms with Crippen LogP contribution in [0, 0.1) is 0 Å². The van der Waals surface area contributed by atoms with Crippen LogP contribution in [0.4, 0.5) is 0 Å². The van der Waals surface area contributed by atoms with Gasteiger partial charge in [0.25, 0.3) is 0 Å². The first-order valence-electron chi connectivity index (χ1n) is 4.67. The number of nitrogens with one attached hydrogen (secondary N) is 1. The van der Waals surface area contributed by atoms with E-state index in [-0.39, 0.29) is 0 Å². The Balaban J connectivity index is 1.86. The summed E-state index contributed by atoms with van der Waals surface area (Å²) in [5.74, 6) is 0. The molecule has 1 aromatic heterocycles. The van der Waals surface area contributed by atoms with Gasteiger partial charge in [0.2, 0.25) is 0 Å². The Labute approximate surface area is 86.9 Å². The fraction of sp³-hybridized carbons (Fsp3) is 0.500. The maximum atomic E-state index is 4.12. The Morgan fingerprint density at radius 3 is 2.92 bits per heavy atom. The Hall–Kier alpha value is -0.410. The lowest BCUT2D eigenvalue weighted by Gasteiger charge is -2.26. The van der Waals surface area contributed by atoms with Crippen LogP contribution in [0.2, 0.25) is 0 Å². The molecule has 70 valence electrons. The first kappa shape index (κ1) is 9.16. The van der Waals surface area contributed by atoms with Crippen molar-refractivity contribution in [2.24, 2.45) is 0 Å². The Morgan fingerprint density at radius 1 is 1.46 bits per heavy atom. The molecule has 0 saturated heterocycles. The van der Waals surface area contributed by atoms with Crippen molar-refractivity contribution in [1.29, 1.82) is 0 Å². The Morgan fingerprint density at radius 2 is 2.31 bits per heavy atom. The molecule has 1 N–H and O–H groups in total. The summed E-state index contributed by atoms with van der Waals surface area (Å²) in [6.07, 6.45) is 7.78. The second kappa shape index (κ2) is 4.20. The first-order chi connectivity index (χ1) is 6.34. The first-order valence-corrected chi connectivity index (χ1v) is 5.47. The van der Waals surface area contributed by atoms with E-state index >= 15 is 0 Å². The predicted molar refractivity (Wildman–Crippen MR) is 56.4 cm³/mol. The van der Waals surface area contributed by atoms with Gasteiger partial charge in [-0.2, -0.15) is 0 Å². The molecule has 0 unspecified atom stereocenters. The third kappa shape index (κ3) is 2.51. The smallest absolute Gasteiger partial charge is 0.0410 e. The van der Waals surface area contributed by atoms with Gasteiger partial charge in [0.1, 0.15) is 0 Å². The maximum Gasteiger partial charge on any atom is 0.0410 e. The van der Waals surface area contributed by atoms with Crippen LogP contribution in [0.1, 0.15) is 24.8 Å². The molecule has 2 rings (SSSR count). The fourth-order valence-corrected chi connectivity index (χ4v) is 1.84. The zero-order valence-corrected chi connectivity index (χ0v) is 9.05. The van der Waals surface area contributed by atoms with Gasteiger partial charge in [-0.3, -0.25) is 4.98 Å². The fourth-order valence-electron chi connectivity index (χ4n) is 1.43. The van der Waals surface area contributed by atoms with E-state index in [0.29, 0.717) is 0 Å². The molecule has 0 bridgehead atoms. The van der Waals surface area contributed by atoms with E-state index in [1.807, 2.05) is 12.4 Å². The molecule has 0 amide bonds. The minimum Gasteiger partial charge on any atom is -0.310 e. The molecule has 1 aromatic rings. The van der Waals surface area contributed by atoms with E-state index in [9.17, 15) is 0 Å². The molecule has 1 saturated carbocycles. The largest absolute Gasteiger partial charge is 0.310 e. The van der Waals surface area contributed by atoms with E-state index < -0.39 is 0 Å². The number of hydrogen-bond acceptors (Lipinski definition) is 2. The molecule has 0 atom stereocenters. The van der Waals surface area contributed by atoms with E-state index in [2.05, 4.69) is 32.3 Å². The third-order valence-electron chi connectivity index (χ3n) is 2.46. The van der Waals surface area contributed by atoms with Gasteiger partial charge in [-0.15, -0.1) is 0 Å². The van der Waals surface area contributed by atoms with Crippen LogP contribution in [0.3, 0.4) is 0 Å². The zero-order chi connectivity index (χ0) is 9.10. The normalized spacial score (nSPS) is 17.0. The summed E-state index contributed by atoms with van der Waals surface area (Å²) in [5.41, 5.74) is 1.25. The molecule has 1 fully saturated rings. The van der Waals surface area contributed by atoms with Crippen molar-refractivity contribution in [3.8, 4) is 0 Å². The van der Waals surface area contributed by atoms with Crippen LogP contribution in [0.15, 0.2) is 22.9 Å². The van der Waals surface area contributed by atoms with Crippen molar-refractivity contribution < 1.29 is 0 Å². The van der Waals surface area contributed by atoms with Gasteiger partial charge in [0, 0.05) is 29.5 Å². The highest BCUT2D eigenvalue weighted by molar-refractivity contribution is 9.10. The minimum atomic E-state index is 0.749. The monoisotopic (exact) mass is 240 g/mol. The Kier molecular flexibility index (Phi) is 2.96. The van der Waals surface area contributed by atoms with Gasteiger partial charge in [0.05, 0.1) is 0 Å². The van der Waals surface area contributed by atoms with E-state index in [0.717, 1.165) is 17.1 Å². The molecule has 0 aromatic carbocycles. The van der Waals surface area contributed by atoms with Gasteiger partial charge in [-0.05, 0) is 40.4 Å². The number of rotatable bonds is 3. The average Bonchev–Trinajstić information content (AvgIpc) is 2.01. The Bertz CT molecular complexity index is 284. The molecular formula is C10H13BrN2. The lowest BCUT2D eigenvalue weighted by Crippen LogP contribution is -2.34. The molecule has 2 nitrogen and oxygen atoms in total. The van der Waals surface area contributed by atoms with Crippen molar-refractivity contribution in [2.45, 2.75) is 31.8 Å². The molecule has 0 aliphatic heterocycles. The molecule has 1 aliphatic carbocycles. The summed E-state index contributed by atoms with van der Waals surface area (Å²) in [6.45, 7) is 0.942. The van der Waals surface area contributed by atoms with Crippen molar-refractivity contribution >= 4 is 15.9 Å². The lowest BCUT2D eigenvalue weighted by molar-refractivity contribution is 0.338. The molecule has 0 spiro atoms. The standard InChI is InChI=1S/C10H13BrN2/c11-9-4-8(5-12-7-9)6-13-10-2-1-3-10/h4-5,7,10,13H,1-3,6H2. The van der Waals surface area contributed by atoms with Gasteiger partial charge >= 0.3 is 0 Å². The number of pyridine rings is 1. The summed E-state index contributed by atoms with van der Waals surface area (Å²) >= 11 is 3.41. The lowest BCUT2D eigenvalue weighted by atomic mass is 9.93. The highest BCUT2D eigenvalue weighted by atomic mass is 79.9. The average molecular weight is 241 g/mol. The summed E-state index contributed by atoms with van der Waals surface area (Å²) in [5, 5.41) is 3.50. The SMILES string of the molecule is Brc1cncc(CNC2CCC2)c1. The zero-order valence-electron chi connectivity index (χ0n) is 7.46. The van der Waals surface area contributed by atoms with Crippen LogP contribution < -0.4 is 5.32 Å². The van der Waals surface area contributed by atoms with Gasteiger partial charge in [-0.1, -0.05) is 6.42 Å². The minimum absolute atomic E-state index is 0.749. The summed E-state index contributed by atoms with van der Waals surface area (Å²) in [7, 11) is 0. The predicted octanol–water partition coefficient (Wildman–Crippen LogP) is 2.49. The summed E-state index contributed by atoms with van der Waals surface area (Å²) in [6, 6.07) is 2.86. The number of nitrogens with zero attached hydrogens (tertiary/aromatic N) is 1. The van der Waals surface area contributed by atoms with Crippen LogP contribution in [-0.4, -0.2) is 11.0 Å². The molecule has 1 aliphatic rings.